The molecule has 0 unspecified atom stereocenters. The zero-order valence-electron chi connectivity index (χ0n) is 13.5. The number of oxime groups is 1. The van der Waals surface area contributed by atoms with Crippen LogP contribution in [-0.2, 0) is 4.84 Å². The van der Waals surface area contributed by atoms with Crippen molar-refractivity contribution < 1.29 is 9.63 Å². The van der Waals surface area contributed by atoms with E-state index in [0.717, 1.165) is 18.6 Å². The second-order valence-corrected chi connectivity index (χ2v) is 8.11. The zero-order valence-corrected chi connectivity index (χ0v) is 15.0. The first-order valence-electron chi connectivity index (χ1n) is 7.74. The fourth-order valence-electron chi connectivity index (χ4n) is 4.07. The second kappa shape index (κ2) is 5.67. The number of fused-ring (bicyclic) bond motifs is 2. The normalized spacial score (nSPS) is 29.8. The highest BCUT2D eigenvalue weighted by Gasteiger charge is 2.57. The number of amides is 1. The van der Waals surface area contributed by atoms with Crippen molar-refractivity contribution in [2.75, 3.05) is 5.32 Å². The maximum Gasteiger partial charge on any atom is 0.437 e. The quantitative estimate of drug-likeness (QED) is 0.543. The molecule has 0 aliphatic heterocycles. The topological polar surface area (TPSA) is 50.7 Å². The third-order valence-electron chi connectivity index (χ3n) is 5.33. The van der Waals surface area contributed by atoms with Crippen molar-refractivity contribution in [2.45, 2.75) is 40.0 Å². The monoisotopic (exact) mass is 354 g/mol. The summed E-state index contributed by atoms with van der Waals surface area (Å²) in [6.45, 7) is 6.57. The van der Waals surface area contributed by atoms with E-state index in [4.69, 9.17) is 28.0 Å². The maximum absolute atomic E-state index is 12.0. The Bertz CT molecular complexity index is 680. The van der Waals surface area contributed by atoms with Crippen LogP contribution in [0.5, 0.6) is 0 Å². The largest absolute Gasteiger partial charge is 0.437 e. The molecular weight excluding hydrogens is 335 g/mol. The van der Waals surface area contributed by atoms with Crippen LogP contribution in [-0.4, -0.2) is 11.8 Å². The van der Waals surface area contributed by atoms with Crippen molar-refractivity contribution in [3.8, 4) is 0 Å². The van der Waals surface area contributed by atoms with Crippen molar-refractivity contribution in [2.24, 2.45) is 21.9 Å². The van der Waals surface area contributed by atoms with Crippen LogP contribution in [0, 0.1) is 16.7 Å². The van der Waals surface area contributed by atoms with Gasteiger partial charge < -0.3 is 0 Å². The molecule has 6 heteroatoms. The van der Waals surface area contributed by atoms with Gasteiger partial charge in [-0.25, -0.2) is 4.79 Å². The Morgan fingerprint density at radius 3 is 2.65 bits per heavy atom. The minimum absolute atomic E-state index is 0.0170. The first-order chi connectivity index (χ1) is 10.7. The number of halogens is 2. The lowest BCUT2D eigenvalue weighted by Crippen LogP contribution is -2.36. The number of benzene rings is 1. The van der Waals surface area contributed by atoms with Gasteiger partial charge in [-0.05, 0) is 43.4 Å². The Morgan fingerprint density at radius 1 is 1.30 bits per heavy atom. The molecule has 0 saturated heterocycles. The summed E-state index contributed by atoms with van der Waals surface area (Å²) >= 11 is 11.8. The molecule has 4 nitrogen and oxygen atoms in total. The van der Waals surface area contributed by atoms with E-state index in [1.165, 1.54) is 6.42 Å². The lowest BCUT2D eigenvalue weighted by molar-refractivity contribution is 0.162. The molecule has 1 aromatic carbocycles. The highest BCUT2D eigenvalue weighted by Crippen LogP contribution is 2.60. The van der Waals surface area contributed by atoms with Crippen LogP contribution in [0.3, 0.4) is 0 Å². The molecule has 2 atom stereocenters. The van der Waals surface area contributed by atoms with Crippen LogP contribution >= 0.6 is 23.2 Å². The summed E-state index contributed by atoms with van der Waals surface area (Å²) < 4.78 is 0. The van der Waals surface area contributed by atoms with Crippen LogP contribution in [0.4, 0.5) is 10.5 Å². The number of nitrogens with zero attached hydrogens (tertiary/aromatic N) is 1. The molecule has 2 aliphatic carbocycles. The lowest BCUT2D eigenvalue weighted by Gasteiger charge is -2.34. The van der Waals surface area contributed by atoms with Gasteiger partial charge in [0.2, 0.25) is 0 Å². The Labute approximate surface area is 146 Å². The average Bonchev–Trinajstić information content (AvgIpc) is 2.93. The third kappa shape index (κ3) is 2.94. The van der Waals surface area contributed by atoms with E-state index in [0.29, 0.717) is 21.7 Å². The summed E-state index contributed by atoms with van der Waals surface area (Å²) in [5.41, 5.74) is 1.54. The molecule has 124 valence electrons. The summed E-state index contributed by atoms with van der Waals surface area (Å²) in [5, 5.41) is 7.62. The summed E-state index contributed by atoms with van der Waals surface area (Å²) in [6, 6.07) is 4.85. The van der Waals surface area contributed by atoms with Crippen molar-refractivity contribution in [1.29, 1.82) is 0 Å². The summed E-state index contributed by atoms with van der Waals surface area (Å²) in [5.74, 6) is 0.619. The Balaban J connectivity index is 1.70. The van der Waals surface area contributed by atoms with E-state index in [1.54, 1.807) is 18.2 Å². The van der Waals surface area contributed by atoms with Gasteiger partial charge in [-0.15, -0.1) is 0 Å². The molecule has 2 fully saturated rings. The molecule has 0 heterocycles. The molecule has 0 spiro atoms. The molecular formula is C17H20Cl2N2O2. The van der Waals surface area contributed by atoms with E-state index >= 15 is 0 Å². The Kier molecular flexibility index (Phi) is 4.09. The third-order valence-corrected chi connectivity index (χ3v) is 6.07. The lowest BCUT2D eigenvalue weighted by atomic mass is 9.71. The van der Waals surface area contributed by atoms with Gasteiger partial charge in [-0.3, -0.25) is 10.2 Å². The van der Waals surface area contributed by atoms with Gasteiger partial charge in [0.15, 0.2) is 0 Å². The number of carbonyl (C=O) groups is 1. The van der Waals surface area contributed by atoms with E-state index in [2.05, 4.69) is 31.2 Å². The first-order valence-corrected chi connectivity index (χ1v) is 8.50. The molecule has 2 bridgehead atoms. The van der Waals surface area contributed by atoms with Crippen LogP contribution in [0.2, 0.25) is 10.0 Å². The minimum atomic E-state index is -0.627. The van der Waals surface area contributed by atoms with Crippen LogP contribution in [0.1, 0.15) is 40.0 Å². The van der Waals surface area contributed by atoms with E-state index in [9.17, 15) is 4.79 Å². The number of carbonyl (C=O) groups excluding carboxylic acids is 1. The van der Waals surface area contributed by atoms with E-state index in [1.807, 2.05) is 0 Å². The standard InChI is InChI=1S/C17H20Cl2N2O2/c1-16(2)10-6-7-17(3,9-10)14(16)21-23-15(22)20-11-4-5-12(18)13(19)8-11/h4-5,8,10H,6-7,9H2,1-3H3,(H,20,22)/b21-14-/t10-,17+/m0/s1. The van der Waals surface area contributed by atoms with E-state index < -0.39 is 6.09 Å². The van der Waals surface area contributed by atoms with Gasteiger partial charge >= 0.3 is 6.09 Å². The average molecular weight is 355 g/mol. The van der Waals surface area contributed by atoms with Gasteiger partial charge in [-0.2, -0.15) is 0 Å². The van der Waals surface area contributed by atoms with Gasteiger partial charge in [0, 0.05) is 16.5 Å². The Morgan fingerprint density at radius 2 is 2.04 bits per heavy atom. The summed E-state index contributed by atoms with van der Waals surface area (Å²) in [4.78, 5) is 17.1. The van der Waals surface area contributed by atoms with Gasteiger partial charge in [0.05, 0.1) is 15.8 Å². The maximum atomic E-state index is 12.0. The molecule has 0 radical (unpaired) electrons. The minimum Gasteiger partial charge on any atom is -0.298 e. The van der Waals surface area contributed by atoms with Crippen LogP contribution < -0.4 is 5.32 Å². The Hall–Kier alpha value is -1.26. The predicted molar refractivity (Wildman–Crippen MR) is 93.2 cm³/mol. The summed E-state index contributed by atoms with van der Waals surface area (Å²) in [6.07, 6.45) is 2.82. The highest BCUT2D eigenvalue weighted by atomic mass is 35.5. The number of hydrogen-bond donors (Lipinski definition) is 1. The molecule has 1 aromatic rings. The number of rotatable bonds is 2. The van der Waals surface area contributed by atoms with Crippen LogP contribution in [0.15, 0.2) is 23.4 Å². The molecule has 3 rings (SSSR count). The van der Waals surface area contributed by atoms with Crippen molar-refractivity contribution >= 4 is 40.7 Å². The summed E-state index contributed by atoms with van der Waals surface area (Å²) in [7, 11) is 0. The van der Waals surface area contributed by atoms with E-state index in [-0.39, 0.29) is 10.8 Å². The fourth-order valence-corrected chi connectivity index (χ4v) is 4.37. The number of hydrogen-bond acceptors (Lipinski definition) is 3. The van der Waals surface area contributed by atoms with Crippen molar-refractivity contribution in [3.63, 3.8) is 0 Å². The molecule has 2 aliphatic rings. The van der Waals surface area contributed by atoms with Gasteiger partial charge in [-0.1, -0.05) is 49.1 Å². The molecule has 1 amide bonds. The van der Waals surface area contributed by atoms with Crippen LogP contribution in [0.25, 0.3) is 0 Å². The zero-order chi connectivity index (χ0) is 16.8. The molecule has 1 N–H and O–H groups in total. The smallest absolute Gasteiger partial charge is 0.298 e. The van der Waals surface area contributed by atoms with Crippen molar-refractivity contribution in [1.82, 2.24) is 0 Å². The number of nitrogens with one attached hydrogen (secondary N) is 1. The SMILES string of the molecule is CC1(C)/C(=N/OC(=O)Nc2ccc(Cl)c(Cl)c2)[C@]2(C)CC[C@H]1C2. The predicted octanol–water partition coefficient (Wildman–Crippen LogP) is 5.74. The fraction of sp³-hybridized carbons (Fsp3) is 0.529. The van der Waals surface area contributed by atoms with Gasteiger partial charge in [0.25, 0.3) is 0 Å². The van der Waals surface area contributed by atoms with Crippen molar-refractivity contribution in [3.05, 3.63) is 28.2 Å². The first kappa shape index (κ1) is 16.6. The molecule has 0 aromatic heterocycles. The molecule has 23 heavy (non-hydrogen) atoms. The van der Waals surface area contributed by atoms with Gasteiger partial charge in [0.1, 0.15) is 0 Å². The highest BCUT2D eigenvalue weighted by molar-refractivity contribution is 6.42. The second-order valence-electron chi connectivity index (χ2n) is 7.29. The molecule has 2 saturated carbocycles. The number of anilines is 1.